The number of para-hydroxylation sites is 1. The second kappa shape index (κ2) is 10.4. The molecule has 0 N–H and O–H groups in total. The fourth-order valence-electron chi connectivity index (χ4n) is 5.64. The van der Waals surface area contributed by atoms with Gasteiger partial charge in [-0.25, -0.2) is 9.59 Å². The molecule has 0 bridgehead atoms. The molecule has 8 heteroatoms. The van der Waals surface area contributed by atoms with Crippen molar-refractivity contribution in [1.29, 1.82) is 0 Å². The summed E-state index contributed by atoms with van der Waals surface area (Å²) in [5.74, 6) is -0.537. The van der Waals surface area contributed by atoms with Crippen LogP contribution in [0.25, 0.3) is 21.8 Å². The predicted octanol–water partition coefficient (Wildman–Crippen LogP) is 6.00. The third-order valence-corrected chi connectivity index (χ3v) is 7.66. The Bertz CT molecular complexity index is 1890. The smallest absolute Gasteiger partial charge is 0.338 e. The molecule has 212 valence electrons. The minimum absolute atomic E-state index is 0.242. The van der Waals surface area contributed by atoms with Gasteiger partial charge in [-0.1, -0.05) is 48.5 Å². The monoisotopic (exact) mass is 563 g/mol. The Labute approximate surface area is 242 Å². The summed E-state index contributed by atoms with van der Waals surface area (Å²) in [5.41, 5.74) is 0.808. The van der Waals surface area contributed by atoms with E-state index in [0.29, 0.717) is 50.0 Å². The largest absolute Gasteiger partial charge is 0.496 e. The molecule has 0 unspecified atom stereocenters. The molecule has 1 aliphatic heterocycles. The average molecular weight is 564 g/mol. The van der Waals surface area contributed by atoms with Crippen molar-refractivity contribution in [3.8, 4) is 11.5 Å². The molecule has 1 aromatic heterocycles. The fourth-order valence-corrected chi connectivity index (χ4v) is 5.64. The molecule has 0 spiro atoms. The highest BCUT2D eigenvalue weighted by molar-refractivity contribution is 6.00. The van der Waals surface area contributed by atoms with E-state index in [1.54, 1.807) is 92.7 Å². The van der Waals surface area contributed by atoms with Gasteiger partial charge in [0.05, 0.1) is 40.2 Å². The Morgan fingerprint density at radius 3 is 2.02 bits per heavy atom. The van der Waals surface area contributed by atoms with Gasteiger partial charge in [0.1, 0.15) is 17.1 Å². The van der Waals surface area contributed by atoms with Crippen molar-refractivity contribution in [3.05, 3.63) is 118 Å². The molecule has 0 saturated carbocycles. The van der Waals surface area contributed by atoms with Gasteiger partial charge in [0, 0.05) is 18.5 Å². The summed E-state index contributed by atoms with van der Waals surface area (Å²) in [6.45, 7) is 3.52. The van der Waals surface area contributed by atoms with E-state index >= 15 is 0 Å². The molecular weight excluding hydrogens is 534 g/mol. The highest BCUT2D eigenvalue weighted by Gasteiger charge is 2.50. The van der Waals surface area contributed by atoms with Crippen molar-refractivity contribution >= 4 is 33.7 Å². The Morgan fingerprint density at radius 2 is 1.40 bits per heavy atom. The molecule has 2 heterocycles. The molecule has 0 fully saturated rings. The number of nitrogens with zero attached hydrogens (tertiary/aromatic N) is 1. The number of hydrogen-bond donors (Lipinski definition) is 0. The van der Waals surface area contributed by atoms with Crippen LogP contribution in [0.5, 0.6) is 11.5 Å². The maximum absolute atomic E-state index is 13.9. The Morgan fingerprint density at radius 1 is 0.833 bits per heavy atom. The van der Waals surface area contributed by atoms with Crippen LogP contribution in [0.2, 0.25) is 0 Å². The molecule has 0 aliphatic carbocycles. The van der Waals surface area contributed by atoms with Crippen molar-refractivity contribution < 1.29 is 28.5 Å². The zero-order valence-electron chi connectivity index (χ0n) is 23.6. The van der Waals surface area contributed by atoms with Crippen LogP contribution in [0.15, 0.2) is 95.8 Å². The summed E-state index contributed by atoms with van der Waals surface area (Å²) < 4.78 is 26.4. The number of carbonyl (C=O) groups excluding carboxylic acids is 2. The van der Waals surface area contributed by atoms with E-state index in [1.807, 2.05) is 23.7 Å². The topological polar surface area (TPSA) is 93.1 Å². The van der Waals surface area contributed by atoms with Crippen molar-refractivity contribution in [2.24, 2.45) is 7.05 Å². The maximum atomic E-state index is 13.9. The van der Waals surface area contributed by atoms with Crippen LogP contribution in [0, 0.1) is 0 Å². The third kappa shape index (κ3) is 4.45. The van der Waals surface area contributed by atoms with Gasteiger partial charge in [0.2, 0.25) is 5.43 Å². The minimum atomic E-state index is -1.15. The number of esters is 2. The fraction of sp³-hybridized carbons (Fsp3) is 0.206. The van der Waals surface area contributed by atoms with Crippen molar-refractivity contribution in [2.75, 3.05) is 7.11 Å². The second-order valence-corrected chi connectivity index (χ2v) is 10.7. The number of aryl methyl sites for hydroxylation is 1. The zero-order valence-corrected chi connectivity index (χ0v) is 23.6. The minimum Gasteiger partial charge on any atom is -0.496 e. The molecule has 0 saturated heterocycles. The molecule has 0 amide bonds. The highest BCUT2D eigenvalue weighted by Crippen LogP contribution is 2.49. The van der Waals surface area contributed by atoms with E-state index < -0.39 is 29.7 Å². The van der Waals surface area contributed by atoms with Crippen molar-refractivity contribution in [3.63, 3.8) is 0 Å². The maximum Gasteiger partial charge on any atom is 0.338 e. The first-order valence-corrected chi connectivity index (χ1v) is 13.5. The van der Waals surface area contributed by atoms with Crippen LogP contribution in [0.3, 0.4) is 0 Å². The lowest BCUT2D eigenvalue weighted by atomic mass is 9.86. The average Bonchev–Trinajstić information content (AvgIpc) is 3.01. The van der Waals surface area contributed by atoms with Gasteiger partial charge in [-0.3, -0.25) is 4.79 Å². The lowest BCUT2D eigenvalue weighted by Crippen LogP contribution is -2.52. The van der Waals surface area contributed by atoms with E-state index in [2.05, 4.69) is 0 Å². The van der Waals surface area contributed by atoms with Gasteiger partial charge in [-0.15, -0.1) is 0 Å². The first-order valence-electron chi connectivity index (χ1n) is 13.5. The SMILES string of the molecule is COc1cc2c(c3c1c(=O)c1ccccc1n3C)[C@@H](OC(=O)c1ccccc1)[C@@H](OC(=O)c1ccccc1)C(C)(C)O2. The highest BCUT2D eigenvalue weighted by atomic mass is 16.6. The van der Waals surface area contributed by atoms with Gasteiger partial charge < -0.3 is 23.5 Å². The summed E-state index contributed by atoms with van der Waals surface area (Å²) in [4.78, 5) is 40.8. The van der Waals surface area contributed by atoms with Crippen LogP contribution >= 0.6 is 0 Å². The first kappa shape index (κ1) is 27.1. The summed E-state index contributed by atoms with van der Waals surface area (Å²) in [6, 6.07) is 26.0. The van der Waals surface area contributed by atoms with Crippen LogP contribution < -0.4 is 14.9 Å². The molecule has 1 aliphatic rings. The summed E-state index contributed by atoms with van der Waals surface area (Å²) in [6.07, 6.45) is -2.21. The lowest BCUT2D eigenvalue weighted by molar-refractivity contribution is -0.122. The quantitative estimate of drug-likeness (QED) is 0.191. The number of hydrogen-bond acceptors (Lipinski definition) is 7. The van der Waals surface area contributed by atoms with Gasteiger partial charge >= 0.3 is 11.9 Å². The number of carbonyl (C=O) groups is 2. The molecule has 2 atom stereocenters. The molecule has 0 radical (unpaired) electrons. The van der Waals surface area contributed by atoms with Gasteiger partial charge in [0.25, 0.3) is 0 Å². The Balaban J connectivity index is 1.63. The number of benzene rings is 4. The van der Waals surface area contributed by atoms with E-state index in [1.165, 1.54) is 7.11 Å². The molecule has 5 aromatic rings. The number of rotatable bonds is 5. The Hall–Kier alpha value is -5.11. The van der Waals surface area contributed by atoms with Crippen LogP contribution in [0.1, 0.15) is 46.2 Å². The standard InChI is InChI=1S/C34H29NO7/c1-34(2)31(41-33(38)21-15-9-6-10-16-21)30(40-32(37)20-13-7-5-8-14-20)27-25(42-34)19-24(39-4)26-28(27)35(3)23-18-12-11-17-22(23)29(26)36/h5-19,30-31H,1-4H3/t30-,31-/m1/s1. The molecule has 42 heavy (non-hydrogen) atoms. The van der Waals surface area contributed by atoms with Crippen LogP contribution in [-0.4, -0.2) is 35.3 Å². The predicted molar refractivity (Wildman–Crippen MR) is 158 cm³/mol. The van der Waals surface area contributed by atoms with E-state index in [4.69, 9.17) is 18.9 Å². The normalized spacial score (nSPS) is 17.2. The van der Waals surface area contributed by atoms with Crippen LogP contribution in [-0.2, 0) is 16.5 Å². The second-order valence-electron chi connectivity index (χ2n) is 10.7. The van der Waals surface area contributed by atoms with Gasteiger partial charge in [0.15, 0.2) is 12.2 Å². The van der Waals surface area contributed by atoms with Gasteiger partial charge in [-0.05, 0) is 50.2 Å². The van der Waals surface area contributed by atoms with Crippen LogP contribution in [0.4, 0.5) is 0 Å². The third-order valence-electron chi connectivity index (χ3n) is 7.66. The van der Waals surface area contributed by atoms with Crippen molar-refractivity contribution in [1.82, 2.24) is 4.57 Å². The summed E-state index contributed by atoms with van der Waals surface area (Å²) >= 11 is 0. The number of ether oxygens (including phenoxy) is 4. The molecule has 4 aromatic carbocycles. The van der Waals surface area contributed by atoms with Crippen molar-refractivity contribution in [2.45, 2.75) is 31.7 Å². The van der Waals surface area contributed by atoms with E-state index in [0.717, 1.165) is 0 Å². The number of fused-ring (bicyclic) bond motifs is 4. The number of pyridine rings is 1. The molecular formula is C34H29NO7. The number of methoxy groups -OCH3 is 1. The first-order chi connectivity index (χ1) is 20.2. The summed E-state index contributed by atoms with van der Waals surface area (Å²) in [5, 5.41) is 0.808. The zero-order chi connectivity index (χ0) is 29.6. The molecule has 6 rings (SSSR count). The van der Waals surface area contributed by atoms with Gasteiger partial charge in [-0.2, -0.15) is 0 Å². The number of aromatic nitrogens is 1. The Kier molecular flexibility index (Phi) is 6.69. The lowest BCUT2D eigenvalue weighted by Gasteiger charge is -2.43. The summed E-state index contributed by atoms with van der Waals surface area (Å²) in [7, 11) is 3.31. The van der Waals surface area contributed by atoms with E-state index in [-0.39, 0.29) is 5.43 Å². The van der Waals surface area contributed by atoms with E-state index in [9.17, 15) is 14.4 Å². The molecule has 8 nitrogen and oxygen atoms in total.